The first-order chi connectivity index (χ1) is 8.17. The van der Waals surface area contributed by atoms with Crippen LogP contribution in [-0.4, -0.2) is 18.2 Å². The van der Waals surface area contributed by atoms with E-state index < -0.39 is 5.54 Å². The lowest BCUT2D eigenvalue weighted by Crippen LogP contribution is -2.53. The Morgan fingerprint density at radius 1 is 1.59 bits per heavy atom. The van der Waals surface area contributed by atoms with Gasteiger partial charge in [0.05, 0.1) is 12.2 Å². The van der Waals surface area contributed by atoms with E-state index in [1.165, 1.54) is 12.1 Å². The largest absolute Gasteiger partial charge is 0.378 e. The van der Waals surface area contributed by atoms with E-state index in [-0.39, 0.29) is 11.9 Å². The quantitative estimate of drug-likeness (QED) is 0.871. The highest BCUT2D eigenvalue weighted by atomic mass is 19.1. The molecule has 0 saturated heterocycles. The van der Waals surface area contributed by atoms with Gasteiger partial charge in [-0.3, -0.25) is 0 Å². The molecule has 0 radical (unpaired) electrons. The van der Waals surface area contributed by atoms with Crippen LogP contribution in [0.15, 0.2) is 24.3 Å². The summed E-state index contributed by atoms with van der Waals surface area (Å²) in [5.74, 6) is -0.302. The summed E-state index contributed by atoms with van der Waals surface area (Å²) in [5, 5.41) is 12.3. The molecule has 4 heteroatoms. The molecular formula is C13H15FN2O. The zero-order valence-electron chi connectivity index (χ0n) is 9.74. The van der Waals surface area contributed by atoms with Gasteiger partial charge in [0.2, 0.25) is 0 Å². The second kappa shape index (κ2) is 4.72. The van der Waals surface area contributed by atoms with Crippen LogP contribution in [0.25, 0.3) is 0 Å². The third kappa shape index (κ3) is 2.56. The molecule has 2 rings (SSSR count). The molecule has 90 valence electrons. The third-order valence-electron chi connectivity index (χ3n) is 2.98. The van der Waals surface area contributed by atoms with Crippen molar-refractivity contribution in [1.29, 1.82) is 5.26 Å². The Labute approximate surface area is 100 Å². The molecule has 0 unspecified atom stereocenters. The number of nitriles is 1. The van der Waals surface area contributed by atoms with Gasteiger partial charge in [0.1, 0.15) is 11.4 Å². The fourth-order valence-electron chi connectivity index (χ4n) is 2.13. The van der Waals surface area contributed by atoms with Crippen LogP contribution >= 0.6 is 0 Å². The highest BCUT2D eigenvalue weighted by Crippen LogP contribution is 2.37. The second-order valence-electron chi connectivity index (χ2n) is 4.31. The normalized spacial score (nSPS) is 27.0. The summed E-state index contributed by atoms with van der Waals surface area (Å²) in [7, 11) is 0. The predicted octanol–water partition coefficient (Wildman–Crippen LogP) is 2.70. The molecule has 0 bridgehead atoms. The van der Waals surface area contributed by atoms with E-state index in [1.54, 1.807) is 12.1 Å². The van der Waals surface area contributed by atoms with Gasteiger partial charge in [0, 0.05) is 25.1 Å². The Balaban J connectivity index is 2.01. The Bertz CT molecular complexity index is 435. The van der Waals surface area contributed by atoms with Crippen molar-refractivity contribution in [3.05, 3.63) is 30.1 Å². The van der Waals surface area contributed by atoms with Crippen LogP contribution in [0.4, 0.5) is 10.1 Å². The number of halogens is 1. The van der Waals surface area contributed by atoms with Crippen LogP contribution in [0.5, 0.6) is 0 Å². The molecule has 17 heavy (non-hydrogen) atoms. The molecule has 1 aromatic rings. The smallest absolute Gasteiger partial charge is 0.130 e. The zero-order valence-corrected chi connectivity index (χ0v) is 9.74. The number of benzene rings is 1. The van der Waals surface area contributed by atoms with Gasteiger partial charge in [-0.05, 0) is 25.1 Å². The second-order valence-corrected chi connectivity index (χ2v) is 4.31. The van der Waals surface area contributed by atoms with E-state index >= 15 is 0 Å². The minimum atomic E-state index is -0.604. The van der Waals surface area contributed by atoms with E-state index in [4.69, 9.17) is 4.74 Å². The summed E-state index contributed by atoms with van der Waals surface area (Å²) in [6.07, 6.45) is 1.43. The van der Waals surface area contributed by atoms with Crippen molar-refractivity contribution in [3.63, 3.8) is 0 Å². The van der Waals surface area contributed by atoms with Crippen LogP contribution in [-0.2, 0) is 4.74 Å². The topological polar surface area (TPSA) is 45.0 Å². The molecule has 3 nitrogen and oxygen atoms in total. The van der Waals surface area contributed by atoms with E-state index in [0.29, 0.717) is 25.1 Å². The van der Waals surface area contributed by atoms with Crippen LogP contribution in [0, 0.1) is 17.1 Å². The molecule has 1 aliphatic carbocycles. The summed E-state index contributed by atoms with van der Waals surface area (Å²) >= 11 is 0. The maximum Gasteiger partial charge on any atom is 0.130 e. The minimum Gasteiger partial charge on any atom is -0.378 e. The van der Waals surface area contributed by atoms with Crippen LogP contribution in [0.1, 0.15) is 19.8 Å². The molecular weight excluding hydrogens is 219 g/mol. The first-order valence-electron chi connectivity index (χ1n) is 5.74. The molecule has 1 fully saturated rings. The van der Waals surface area contributed by atoms with Gasteiger partial charge in [-0.25, -0.2) is 4.39 Å². The average Bonchev–Trinajstić information content (AvgIpc) is 2.26. The molecule has 0 spiro atoms. The van der Waals surface area contributed by atoms with Crippen LogP contribution in [0.3, 0.4) is 0 Å². The van der Waals surface area contributed by atoms with Gasteiger partial charge in [-0.15, -0.1) is 0 Å². The summed E-state index contributed by atoms with van der Waals surface area (Å²) in [6.45, 7) is 2.60. The summed E-state index contributed by atoms with van der Waals surface area (Å²) in [6, 6.07) is 8.42. The number of nitrogens with one attached hydrogen (secondary N) is 1. The molecule has 0 aliphatic heterocycles. The van der Waals surface area contributed by atoms with E-state index in [1.807, 2.05) is 6.92 Å². The van der Waals surface area contributed by atoms with Gasteiger partial charge in [0.25, 0.3) is 0 Å². The van der Waals surface area contributed by atoms with Crippen molar-refractivity contribution in [2.24, 2.45) is 0 Å². The standard InChI is InChI=1S/C13H15FN2O/c1-2-17-12-7-13(8-12,9-15)16-11-5-3-4-10(14)6-11/h3-6,12,16H,2,7-8H2,1H3. The molecule has 1 aromatic carbocycles. The lowest BCUT2D eigenvalue weighted by atomic mass is 9.75. The Hall–Kier alpha value is -1.60. The van der Waals surface area contributed by atoms with Gasteiger partial charge < -0.3 is 10.1 Å². The summed E-state index contributed by atoms with van der Waals surface area (Å²) < 4.78 is 18.4. The number of nitrogens with zero attached hydrogens (tertiary/aromatic N) is 1. The lowest BCUT2D eigenvalue weighted by Gasteiger charge is -2.43. The van der Waals surface area contributed by atoms with E-state index in [9.17, 15) is 9.65 Å². The predicted molar refractivity (Wildman–Crippen MR) is 63.0 cm³/mol. The highest BCUT2D eigenvalue weighted by Gasteiger charge is 2.45. The number of hydrogen-bond donors (Lipinski definition) is 1. The van der Waals surface area contributed by atoms with Crippen LogP contribution < -0.4 is 5.32 Å². The third-order valence-corrected chi connectivity index (χ3v) is 2.98. The first-order valence-corrected chi connectivity index (χ1v) is 5.74. The monoisotopic (exact) mass is 234 g/mol. The Morgan fingerprint density at radius 2 is 2.35 bits per heavy atom. The Morgan fingerprint density at radius 3 is 2.94 bits per heavy atom. The minimum absolute atomic E-state index is 0.140. The van der Waals surface area contributed by atoms with Gasteiger partial charge >= 0.3 is 0 Å². The Kier molecular flexibility index (Phi) is 3.30. The molecule has 0 amide bonds. The zero-order chi connectivity index (χ0) is 12.3. The van der Waals surface area contributed by atoms with Gasteiger partial charge in [-0.1, -0.05) is 6.07 Å². The fourth-order valence-corrected chi connectivity index (χ4v) is 2.13. The van der Waals surface area contributed by atoms with Crippen molar-refractivity contribution >= 4 is 5.69 Å². The SMILES string of the molecule is CCOC1CC(C#N)(Nc2cccc(F)c2)C1. The summed E-state index contributed by atoms with van der Waals surface area (Å²) in [5.41, 5.74) is 0.0367. The van der Waals surface area contributed by atoms with Crippen molar-refractivity contribution in [3.8, 4) is 6.07 Å². The number of hydrogen-bond acceptors (Lipinski definition) is 3. The van der Waals surface area contributed by atoms with Gasteiger partial charge in [0.15, 0.2) is 0 Å². The lowest BCUT2D eigenvalue weighted by molar-refractivity contribution is -0.0141. The van der Waals surface area contributed by atoms with Crippen LogP contribution in [0.2, 0.25) is 0 Å². The number of anilines is 1. The fraction of sp³-hybridized carbons (Fsp3) is 0.462. The van der Waals surface area contributed by atoms with E-state index in [2.05, 4.69) is 11.4 Å². The van der Waals surface area contributed by atoms with Crippen molar-refractivity contribution in [2.45, 2.75) is 31.4 Å². The maximum absolute atomic E-state index is 13.0. The van der Waals surface area contributed by atoms with Gasteiger partial charge in [-0.2, -0.15) is 5.26 Å². The van der Waals surface area contributed by atoms with Crippen molar-refractivity contribution in [1.82, 2.24) is 0 Å². The molecule has 1 saturated carbocycles. The molecule has 1 aliphatic rings. The molecule has 0 aromatic heterocycles. The molecule has 0 atom stereocenters. The molecule has 0 heterocycles. The number of rotatable bonds is 4. The first kappa shape index (κ1) is 11.9. The summed E-state index contributed by atoms with van der Waals surface area (Å²) in [4.78, 5) is 0. The number of ether oxygens (including phenoxy) is 1. The van der Waals surface area contributed by atoms with E-state index in [0.717, 1.165) is 0 Å². The van der Waals surface area contributed by atoms with Crippen molar-refractivity contribution in [2.75, 3.05) is 11.9 Å². The maximum atomic E-state index is 13.0. The average molecular weight is 234 g/mol. The van der Waals surface area contributed by atoms with Crippen molar-refractivity contribution < 1.29 is 9.13 Å². The highest BCUT2D eigenvalue weighted by molar-refractivity contribution is 5.49. The molecule has 1 N–H and O–H groups in total.